The third kappa shape index (κ3) is 4.39. The summed E-state index contributed by atoms with van der Waals surface area (Å²) in [5, 5.41) is 2.12. The van der Waals surface area contributed by atoms with Crippen molar-refractivity contribution >= 4 is 11.3 Å². The van der Waals surface area contributed by atoms with E-state index in [0.717, 1.165) is 26.0 Å². The van der Waals surface area contributed by atoms with E-state index in [1.807, 2.05) is 0 Å². The van der Waals surface area contributed by atoms with Crippen molar-refractivity contribution in [2.24, 2.45) is 5.73 Å². The zero-order chi connectivity index (χ0) is 12.7. The molecule has 98 valence electrons. The van der Waals surface area contributed by atoms with Crippen LogP contribution in [0.4, 0.5) is 0 Å². The van der Waals surface area contributed by atoms with E-state index in [4.69, 9.17) is 10.5 Å². The highest BCUT2D eigenvalue weighted by Crippen LogP contribution is 2.27. The van der Waals surface area contributed by atoms with Gasteiger partial charge in [-0.15, -0.1) is 11.3 Å². The van der Waals surface area contributed by atoms with Gasteiger partial charge in [0.2, 0.25) is 0 Å². The van der Waals surface area contributed by atoms with E-state index in [1.165, 1.54) is 4.88 Å². The molecule has 0 spiro atoms. The third-order valence-corrected chi connectivity index (χ3v) is 3.99. The summed E-state index contributed by atoms with van der Waals surface area (Å²) < 4.78 is 5.09. The SMILES string of the molecule is CCC(N)C(c1cccs1)N(C)CCCOC. The lowest BCUT2D eigenvalue weighted by molar-refractivity contribution is 0.157. The standard InChI is InChI=1S/C13H24N2OS/c1-4-11(14)13(12-7-5-10-17-12)15(2)8-6-9-16-3/h5,7,10-11,13H,4,6,8-9,14H2,1-3H3. The second-order valence-corrected chi connectivity index (χ2v) is 5.34. The molecule has 0 radical (unpaired) electrons. The Morgan fingerprint density at radius 1 is 1.53 bits per heavy atom. The molecule has 1 rings (SSSR count). The van der Waals surface area contributed by atoms with Gasteiger partial charge in [0.05, 0.1) is 6.04 Å². The molecule has 0 saturated heterocycles. The van der Waals surface area contributed by atoms with Crippen molar-refractivity contribution < 1.29 is 4.74 Å². The van der Waals surface area contributed by atoms with Crippen LogP contribution >= 0.6 is 11.3 Å². The minimum Gasteiger partial charge on any atom is -0.385 e. The summed E-state index contributed by atoms with van der Waals surface area (Å²) in [6.45, 7) is 3.97. The Bertz CT molecular complexity index is 290. The average molecular weight is 256 g/mol. The Kier molecular flexibility index (Phi) is 6.73. The van der Waals surface area contributed by atoms with Crippen LogP contribution in [0.5, 0.6) is 0 Å². The monoisotopic (exact) mass is 256 g/mol. The third-order valence-electron chi connectivity index (χ3n) is 3.05. The van der Waals surface area contributed by atoms with Gasteiger partial charge in [-0.2, -0.15) is 0 Å². The van der Waals surface area contributed by atoms with E-state index >= 15 is 0 Å². The predicted molar refractivity (Wildman–Crippen MR) is 74.4 cm³/mol. The summed E-state index contributed by atoms with van der Waals surface area (Å²) in [4.78, 5) is 3.71. The molecule has 0 aliphatic heterocycles. The second-order valence-electron chi connectivity index (χ2n) is 4.36. The van der Waals surface area contributed by atoms with Crippen LogP contribution in [0.25, 0.3) is 0 Å². The van der Waals surface area contributed by atoms with Crippen LogP contribution in [0.3, 0.4) is 0 Å². The molecule has 0 aliphatic carbocycles. The average Bonchev–Trinajstić information content (AvgIpc) is 2.83. The number of rotatable bonds is 8. The highest BCUT2D eigenvalue weighted by atomic mass is 32.1. The maximum atomic E-state index is 6.25. The summed E-state index contributed by atoms with van der Waals surface area (Å²) >= 11 is 1.79. The second kappa shape index (κ2) is 7.82. The fourth-order valence-electron chi connectivity index (χ4n) is 2.04. The molecule has 1 heterocycles. The fraction of sp³-hybridized carbons (Fsp3) is 0.692. The van der Waals surface area contributed by atoms with Crippen molar-refractivity contribution in [1.29, 1.82) is 0 Å². The van der Waals surface area contributed by atoms with Crippen LogP contribution in [-0.2, 0) is 4.74 Å². The topological polar surface area (TPSA) is 38.5 Å². The summed E-state index contributed by atoms with van der Waals surface area (Å²) in [6.07, 6.45) is 2.04. The first-order valence-corrected chi connectivity index (χ1v) is 7.06. The molecule has 2 N–H and O–H groups in total. The molecule has 0 fully saturated rings. The number of nitrogens with two attached hydrogens (primary N) is 1. The normalized spacial score (nSPS) is 15.1. The molecular weight excluding hydrogens is 232 g/mol. The maximum absolute atomic E-state index is 6.25. The molecule has 1 aromatic rings. The molecule has 0 aromatic carbocycles. The molecule has 0 aliphatic rings. The number of ether oxygens (including phenoxy) is 1. The van der Waals surface area contributed by atoms with E-state index in [2.05, 4.69) is 36.4 Å². The largest absolute Gasteiger partial charge is 0.385 e. The minimum atomic E-state index is 0.196. The van der Waals surface area contributed by atoms with Gasteiger partial charge in [0.1, 0.15) is 0 Å². The molecule has 2 atom stereocenters. The van der Waals surface area contributed by atoms with E-state index in [-0.39, 0.29) is 6.04 Å². The molecule has 1 aromatic heterocycles. The number of thiophene rings is 1. The Morgan fingerprint density at radius 2 is 2.29 bits per heavy atom. The Balaban J connectivity index is 2.63. The fourth-order valence-corrected chi connectivity index (χ4v) is 3.00. The molecule has 17 heavy (non-hydrogen) atoms. The van der Waals surface area contributed by atoms with Gasteiger partial charge in [0.25, 0.3) is 0 Å². The first kappa shape index (κ1) is 14.6. The number of nitrogens with zero attached hydrogens (tertiary/aromatic N) is 1. The van der Waals surface area contributed by atoms with Gasteiger partial charge in [-0.25, -0.2) is 0 Å². The Labute approximate surface area is 109 Å². The van der Waals surface area contributed by atoms with Crippen molar-refractivity contribution in [1.82, 2.24) is 4.90 Å². The molecular formula is C13H24N2OS. The van der Waals surface area contributed by atoms with Gasteiger partial charge in [-0.1, -0.05) is 13.0 Å². The number of methoxy groups -OCH3 is 1. The molecule has 4 heteroatoms. The lowest BCUT2D eigenvalue weighted by Gasteiger charge is -2.31. The van der Waals surface area contributed by atoms with Crippen molar-refractivity contribution in [3.63, 3.8) is 0 Å². The smallest absolute Gasteiger partial charge is 0.0590 e. The Hall–Kier alpha value is -0.420. The van der Waals surface area contributed by atoms with Crippen LogP contribution in [-0.4, -0.2) is 38.3 Å². The number of likely N-dealkylation sites (N-methyl/N-ethyl adjacent to an activating group) is 1. The van der Waals surface area contributed by atoms with Gasteiger partial charge in [0.15, 0.2) is 0 Å². The van der Waals surface area contributed by atoms with Crippen molar-refractivity contribution in [2.75, 3.05) is 27.3 Å². The van der Waals surface area contributed by atoms with Gasteiger partial charge in [-0.05, 0) is 31.3 Å². The van der Waals surface area contributed by atoms with Crippen molar-refractivity contribution in [2.45, 2.75) is 31.8 Å². The predicted octanol–water partition coefficient (Wildman–Crippen LogP) is 2.49. The van der Waals surface area contributed by atoms with Crippen LogP contribution in [0, 0.1) is 0 Å². The summed E-state index contributed by atoms with van der Waals surface area (Å²) in [5.41, 5.74) is 6.25. The quantitative estimate of drug-likeness (QED) is 0.726. The minimum absolute atomic E-state index is 0.196. The highest BCUT2D eigenvalue weighted by molar-refractivity contribution is 7.10. The van der Waals surface area contributed by atoms with E-state index < -0.39 is 0 Å². The Morgan fingerprint density at radius 3 is 2.82 bits per heavy atom. The lowest BCUT2D eigenvalue weighted by atomic mass is 10.0. The lowest BCUT2D eigenvalue weighted by Crippen LogP contribution is -2.39. The first-order chi connectivity index (χ1) is 8.20. The zero-order valence-electron chi connectivity index (χ0n) is 11.1. The molecule has 3 nitrogen and oxygen atoms in total. The molecule has 2 unspecified atom stereocenters. The van der Waals surface area contributed by atoms with Gasteiger partial charge < -0.3 is 10.5 Å². The van der Waals surface area contributed by atoms with Gasteiger partial charge >= 0.3 is 0 Å². The summed E-state index contributed by atoms with van der Waals surface area (Å²) in [5.74, 6) is 0. The van der Waals surface area contributed by atoms with Gasteiger partial charge in [-0.3, -0.25) is 4.90 Å². The number of hydrogen-bond acceptors (Lipinski definition) is 4. The van der Waals surface area contributed by atoms with Crippen molar-refractivity contribution in [3.8, 4) is 0 Å². The zero-order valence-corrected chi connectivity index (χ0v) is 11.9. The van der Waals surface area contributed by atoms with Crippen LogP contribution < -0.4 is 5.73 Å². The van der Waals surface area contributed by atoms with E-state index in [9.17, 15) is 0 Å². The maximum Gasteiger partial charge on any atom is 0.0590 e. The van der Waals surface area contributed by atoms with Crippen molar-refractivity contribution in [3.05, 3.63) is 22.4 Å². The molecule has 0 saturated carbocycles. The summed E-state index contributed by atoms with van der Waals surface area (Å²) in [6, 6.07) is 4.80. The first-order valence-electron chi connectivity index (χ1n) is 6.18. The van der Waals surface area contributed by atoms with Crippen LogP contribution in [0.15, 0.2) is 17.5 Å². The van der Waals surface area contributed by atoms with E-state index in [0.29, 0.717) is 6.04 Å². The van der Waals surface area contributed by atoms with E-state index in [1.54, 1.807) is 18.4 Å². The molecule has 0 amide bonds. The van der Waals surface area contributed by atoms with Crippen LogP contribution in [0.2, 0.25) is 0 Å². The summed E-state index contributed by atoms with van der Waals surface area (Å²) in [7, 11) is 3.89. The highest BCUT2D eigenvalue weighted by Gasteiger charge is 2.23. The molecule has 0 bridgehead atoms. The van der Waals surface area contributed by atoms with Crippen LogP contribution in [0.1, 0.15) is 30.7 Å². The number of hydrogen-bond donors (Lipinski definition) is 1. The van der Waals surface area contributed by atoms with Gasteiger partial charge in [0, 0.05) is 31.2 Å².